The van der Waals surface area contributed by atoms with Crippen molar-refractivity contribution in [2.75, 3.05) is 25.5 Å². The van der Waals surface area contributed by atoms with E-state index < -0.39 is 0 Å². The summed E-state index contributed by atoms with van der Waals surface area (Å²) in [6.45, 7) is 1.47. The molecule has 3 aromatic rings. The van der Waals surface area contributed by atoms with Crippen LogP contribution in [0.1, 0.15) is 35.2 Å². The van der Waals surface area contributed by atoms with Crippen molar-refractivity contribution in [2.24, 2.45) is 0 Å². The van der Waals surface area contributed by atoms with Crippen molar-refractivity contribution in [3.8, 4) is 5.75 Å². The van der Waals surface area contributed by atoms with Crippen molar-refractivity contribution in [1.82, 2.24) is 4.90 Å². The van der Waals surface area contributed by atoms with Crippen LogP contribution in [-0.4, -0.2) is 36.9 Å². The first-order valence-electron chi connectivity index (χ1n) is 9.98. The number of ether oxygens (including phenoxy) is 1. The second-order valence-electron chi connectivity index (χ2n) is 7.39. The topological polar surface area (TPSA) is 71.8 Å². The number of hydrogen-bond acceptors (Lipinski definition) is 4. The Morgan fingerprint density at radius 2 is 1.93 bits per heavy atom. The highest BCUT2D eigenvalue weighted by molar-refractivity contribution is 6.31. The number of benzene rings is 2. The molecule has 156 valence electrons. The smallest absolute Gasteiger partial charge is 0.255 e. The molecule has 1 fully saturated rings. The van der Waals surface area contributed by atoms with Gasteiger partial charge in [-0.05, 0) is 49.6 Å². The van der Waals surface area contributed by atoms with Crippen LogP contribution >= 0.6 is 11.6 Å². The number of carbonyl (C=O) groups is 2. The second kappa shape index (κ2) is 8.79. The highest BCUT2D eigenvalue weighted by atomic mass is 35.5. The fourth-order valence-electron chi connectivity index (χ4n) is 3.77. The molecule has 30 heavy (non-hydrogen) atoms. The van der Waals surface area contributed by atoms with Crippen LogP contribution < -0.4 is 10.1 Å². The minimum absolute atomic E-state index is 0.0810. The van der Waals surface area contributed by atoms with Gasteiger partial charge in [-0.2, -0.15) is 0 Å². The van der Waals surface area contributed by atoms with Crippen LogP contribution in [0.25, 0.3) is 11.0 Å². The van der Waals surface area contributed by atoms with Crippen LogP contribution in [0.3, 0.4) is 0 Å². The van der Waals surface area contributed by atoms with Crippen LogP contribution in [0.2, 0.25) is 5.02 Å². The number of methoxy groups -OCH3 is 1. The quantitative estimate of drug-likeness (QED) is 0.629. The van der Waals surface area contributed by atoms with Crippen LogP contribution in [0, 0.1) is 0 Å². The summed E-state index contributed by atoms with van der Waals surface area (Å²) in [7, 11) is 1.59. The van der Waals surface area contributed by atoms with Gasteiger partial charge in [0.2, 0.25) is 5.91 Å². The Bertz CT molecular complexity index is 1090. The largest absolute Gasteiger partial charge is 0.497 e. The minimum Gasteiger partial charge on any atom is -0.497 e. The zero-order valence-electron chi connectivity index (χ0n) is 16.7. The Kier molecular flexibility index (Phi) is 5.95. The van der Waals surface area contributed by atoms with E-state index in [1.807, 2.05) is 17.0 Å². The molecule has 0 aliphatic carbocycles. The Hall–Kier alpha value is -2.99. The van der Waals surface area contributed by atoms with Gasteiger partial charge < -0.3 is 19.4 Å². The molecule has 0 bridgehead atoms. The Morgan fingerprint density at radius 1 is 1.13 bits per heavy atom. The molecular formula is C23H23ClN2O4. The van der Waals surface area contributed by atoms with Gasteiger partial charge in [-0.15, -0.1) is 0 Å². The second-order valence-corrected chi connectivity index (χ2v) is 7.83. The number of hydrogen-bond donors (Lipinski definition) is 1. The van der Waals surface area contributed by atoms with Gasteiger partial charge in [-0.3, -0.25) is 9.59 Å². The summed E-state index contributed by atoms with van der Waals surface area (Å²) in [5.74, 6) is 0.360. The van der Waals surface area contributed by atoms with Crippen LogP contribution in [0.4, 0.5) is 5.69 Å². The lowest BCUT2D eigenvalue weighted by atomic mass is 10.1. The van der Waals surface area contributed by atoms with E-state index in [0.29, 0.717) is 27.6 Å². The summed E-state index contributed by atoms with van der Waals surface area (Å²) in [6, 6.07) is 10.4. The first kappa shape index (κ1) is 20.3. The van der Waals surface area contributed by atoms with Gasteiger partial charge in [0.1, 0.15) is 11.3 Å². The molecule has 4 rings (SSSR count). The van der Waals surface area contributed by atoms with Crippen LogP contribution in [-0.2, 0) is 11.2 Å². The van der Waals surface area contributed by atoms with Crippen molar-refractivity contribution >= 4 is 40.1 Å². The fourth-order valence-corrected chi connectivity index (χ4v) is 3.94. The minimum atomic E-state index is -0.247. The lowest BCUT2D eigenvalue weighted by Gasteiger charge is -2.27. The fraction of sp³-hybridized carbons (Fsp3) is 0.304. The van der Waals surface area contributed by atoms with Crippen molar-refractivity contribution < 1.29 is 18.7 Å². The number of rotatable bonds is 5. The van der Waals surface area contributed by atoms with Crippen molar-refractivity contribution in [1.29, 1.82) is 0 Å². The SMILES string of the molecule is COc1ccc2c(CC(=O)Nc3cc(Cl)ccc3C(=O)N3CCCCC3)coc2c1. The number of amides is 2. The van der Waals surface area contributed by atoms with E-state index in [-0.39, 0.29) is 18.2 Å². The van der Waals surface area contributed by atoms with Gasteiger partial charge >= 0.3 is 0 Å². The highest BCUT2D eigenvalue weighted by Gasteiger charge is 2.22. The van der Waals surface area contributed by atoms with Gasteiger partial charge in [0.05, 0.1) is 31.0 Å². The normalized spacial score (nSPS) is 14.0. The van der Waals surface area contributed by atoms with Crippen LogP contribution in [0.15, 0.2) is 47.1 Å². The zero-order chi connectivity index (χ0) is 21.1. The summed E-state index contributed by atoms with van der Waals surface area (Å²) in [5.41, 5.74) is 2.30. The molecule has 1 aromatic heterocycles. The van der Waals surface area contributed by atoms with E-state index in [9.17, 15) is 9.59 Å². The van der Waals surface area contributed by atoms with Crippen molar-refractivity contribution in [3.05, 3.63) is 58.8 Å². The molecule has 0 saturated carbocycles. The molecule has 0 radical (unpaired) electrons. The maximum absolute atomic E-state index is 13.0. The number of carbonyl (C=O) groups excluding carboxylic acids is 2. The molecule has 1 aliphatic heterocycles. The highest BCUT2D eigenvalue weighted by Crippen LogP contribution is 2.27. The predicted molar refractivity (Wildman–Crippen MR) is 116 cm³/mol. The van der Waals surface area contributed by atoms with Gasteiger partial charge in [0, 0.05) is 35.1 Å². The van der Waals surface area contributed by atoms with E-state index in [4.69, 9.17) is 20.8 Å². The number of halogens is 1. The Morgan fingerprint density at radius 3 is 2.70 bits per heavy atom. The third-order valence-electron chi connectivity index (χ3n) is 5.34. The maximum atomic E-state index is 13.0. The van der Waals surface area contributed by atoms with E-state index in [1.54, 1.807) is 37.6 Å². The number of nitrogens with one attached hydrogen (secondary N) is 1. The lowest BCUT2D eigenvalue weighted by molar-refractivity contribution is -0.115. The summed E-state index contributed by atoms with van der Waals surface area (Å²) < 4.78 is 10.8. The molecule has 1 saturated heterocycles. The van der Waals surface area contributed by atoms with E-state index in [0.717, 1.165) is 43.3 Å². The van der Waals surface area contributed by atoms with E-state index in [2.05, 4.69) is 5.32 Å². The van der Waals surface area contributed by atoms with Crippen LogP contribution in [0.5, 0.6) is 5.75 Å². The monoisotopic (exact) mass is 426 g/mol. The summed E-state index contributed by atoms with van der Waals surface area (Å²) in [4.78, 5) is 27.6. The van der Waals surface area contributed by atoms with Gasteiger partial charge in [-0.1, -0.05) is 11.6 Å². The lowest BCUT2D eigenvalue weighted by Crippen LogP contribution is -2.36. The molecule has 0 atom stereocenters. The van der Waals surface area contributed by atoms with Gasteiger partial charge in [0.25, 0.3) is 5.91 Å². The van der Waals surface area contributed by atoms with Gasteiger partial charge in [0.15, 0.2) is 0 Å². The number of nitrogens with zero attached hydrogens (tertiary/aromatic N) is 1. The summed E-state index contributed by atoms with van der Waals surface area (Å²) in [6.07, 6.45) is 4.82. The molecule has 1 N–H and O–H groups in total. The molecule has 0 spiro atoms. The molecule has 0 unspecified atom stereocenters. The number of likely N-dealkylation sites (tertiary alicyclic amines) is 1. The van der Waals surface area contributed by atoms with E-state index >= 15 is 0 Å². The third kappa shape index (κ3) is 4.28. The molecule has 1 aliphatic rings. The molecule has 2 aromatic carbocycles. The average molecular weight is 427 g/mol. The summed E-state index contributed by atoms with van der Waals surface area (Å²) >= 11 is 6.14. The van der Waals surface area contributed by atoms with Crippen molar-refractivity contribution in [3.63, 3.8) is 0 Å². The van der Waals surface area contributed by atoms with E-state index in [1.165, 1.54) is 0 Å². The number of anilines is 1. The maximum Gasteiger partial charge on any atom is 0.255 e. The summed E-state index contributed by atoms with van der Waals surface area (Å²) in [5, 5.41) is 4.17. The number of furan rings is 1. The first-order valence-corrected chi connectivity index (χ1v) is 10.4. The third-order valence-corrected chi connectivity index (χ3v) is 5.58. The molecule has 6 nitrogen and oxygen atoms in total. The number of fused-ring (bicyclic) bond motifs is 1. The molecule has 2 heterocycles. The molecular weight excluding hydrogens is 404 g/mol. The Labute approximate surface area is 179 Å². The Balaban J connectivity index is 1.53. The average Bonchev–Trinajstić information content (AvgIpc) is 3.15. The van der Waals surface area contributed by atoms with Crippen molar-refractivity contribution in [2.45, 2.75) is 25.7 Å². The number of piperidine rings is 1. The predicted octanol–water partition coefficient (Wildman–Crippen LogP) is 4.90. The molecule has 2 amide bonds. The first-order chi connectivity index (χ1) is 14.5. The standard InChI is InChI=1S/C23H23ClN2O4/c1-29-17-6-8-18-15(14-30-21(18)13-17)11-22(27)25-20-12-16(24)5-7-19(20)23(28)26-9-3-2-4-10-26/h5-8,12-14H,2-4,9-11H2,1H3,(H,25,27). The molecule has 7 heteroatoms. The zero-order valence-corrected chi connectivity index (χ0v) is 17.5. The van der Waals surface area contributed by atoms with Gasteiger partial charge in [-0.25, -0.2) is 0 Å².